The predicted molar refractivity (Wildman–Crippen MR) is 152 cm³/mol. The van der Waals surface area contributed by atoms with Gasteiger partial charge in [-0.15, -0.1) is 0 Å². The summed E-state index contributed by atoms with van der Waals surface area (Å²) in [5.74, 6) is 0. The quantitative estimate of drug-likeness (QED) is 0.293. The van der Waals surface area contributed by atoms with Gasteiger partial charge in [-0.3, -0.25) is 0 Å². The molecule has 6 N–H and O–H groups in total. The second kappa shape index (κ2) is 13.2. The van der Waals surface area contributed by atoms with E-state index >= 15 is 0 Å². The maximum atomic E-state index is 7.17. The van der Waals surface area contributed by atoms with Gasteiger partial charge in [0.05, 0.1) is 0 Å². The third kappa shape index (κ3) is 6.60. The average Bonchev–Trinajstić information content (AvgIpc) is 2.91. The Bertz CT molecular complexity index is 1280. The minimum absolute atomic E-state index is 0. The van der Waals surface area contributed by atoms with Crippen LogP contribution in [0.25, 0.3) is 22.3 Å². The normalized spacial score (nSPS) is 9.86. The van der Waals surface area contributed by atoms with E-state index in [2.05, 4.69) is 140 Å². The lowest BCUT2D eigenvalue weighted by Crippen LogP contribution is -2.52. The van der Waals surface area contributed by atoms with Crippen molar-refractivity contribution in [3.8, 4) is 22.3 Å². The molecule has 4 nitrogen and oxygen atoms in total. The predicted octanol–water partition coefficient (Wildman–Crippen LogP) is 3.65. The summed E-state index contributed by atoms with van der Waals surface area (Å²) in [6.07, 6.45) is 0. The molecule has 0 fully saturated rings. The molecule has 178 valence electrons. The second-order valence-electron chi connectivity index (χ2n) is 8.10. The van der Waals surface area contributed by atoms with Crippen LogP contribution in [0.4, 0.5) is 0 Å². The zero-order chi connectivity index (χ0) is 24.5. The Morgan fingerprint density at radius 2 is 0.806 bits per heavy atom. The van der Waals surface area contributed by atoms with E-state index in [9.17, 15) is 0 Å². The molecule has 0 amide bonds. The summed E-state index contributed by atoms with van der Waals surface area (Å²) < 4.78 is 0. The van der Waals surface area contributed by atoms with E-state index in [1.54, 1.807) is 0 Å². The molecular weight excluding hydrogens is 444 g/mol. The average molecular weight is 473 g/mol. The molecule has 0 unspecified atom stereocenters. The Balaban J connectivity index is 0.000000674. The first-order valence-corrected chi connectivity index (χ1v) is 11.5. The van der Waals surface area contributed by atoms with Crippen LogP contribution in [0.1, 0.15) is 0 Å². The molecule has 0 heterocycles. The van der Waals surface area contributed by atoms with Gasteiger partial charge in [0.1, 0.15) is 0 Å². The van der Waals surface area contributed by atoms with E-state index in [-0.39, 0.29) is 12.9 Å². The van der Waals surface area contributed by atoms with Crippen molar-refractivity contribution >= 4 is 30.4 Å². The number of hydrogen-bond donors (Lipinski definition) is 4. The lowest BCUT2D eigenvalue weighted by atomic mass is 9.36. The molecule has 0 saturated heterocycles. The molecule has 0 atom stereocenters. The maximum Gasteiger partial charge on any atom is 0.631 e. The molecule has 0 aliphatic heterocycles. The first kappa shape index (κ1) is 26.7. The van der Waals surface area contributed by atoms with Gasteiger partial charge in [-0.05, 0) is 22.3 Å². The Hall–Kier alpha value is -3.93. The smallest absolute Gasteiger partial charge is 0.402 e. The molecule has 5 aromatic carbocycles. The van der Waals surface area contributed by atoms with Gasteiger partial charge in [-0.2, -0.15) is 0 Å². The number of hydrogen-bond acceptors (Lipinski definition) is 4. The fraction of sp³-hybridized carbons (Fsp3) is 0. The second-order valence-corrected chi connectivity index (χ2v) is 8.10. The highest BCUT2D eigenvalue weighted by Gasteiger charge is 2.26. The zero-order valence-corrected chi connectivity index (χ0v) is 20.0. The van der Waals surface area contributed by atoms with Crippen LogP contribution in [0.15, 0.2) is 140 Å². The van der Waals surface area contributed by atoms with Crippen LogP contribution in [-0.2, 0) is 0 Å². The SMILES string of the molecule is N.OB(O)O.c1ccc(B(c2ccccc2)c2cccc(-c3ccccc3)c2-c2ccccc2)cc1. The van der Waals surface area contributed by atoms with Gasteiger partial charge in [0, 0.05) is 0 Å². The van der Waals surface area contributed by atoms with E-state index in [4.69, 9.17) is 15.1 Å². The molecular formula is C30H29B2NO3. The van der Waals surface area contributed by atoms with Crippen LogP contribution in [0.2, 0.25) is 0 Å². The molecule has 0 saturated carbocycles. The van der Waals surface area contributed by atoms with Crippen molar-refractivity contribution in [3.05, 3.63) is 140 Å². The molecule has 0 radical (unpaired) electrons. The first-order chi connectivity index (χ1) is 17.1. The Morgan fingerprint density at radius 1 is 0.417 bits per heavy atom. The highest BCUT2D eigenvalue weighted by molar-refractivity contribution is 6.96. The molecule has 0 aromatic heterocycles. The van der Waals surface area contributed by atoms with E-state index in [1.165, 1.54) is 38.6 Å². The van der Waals surface area contributed by atoms with E-state index in [0.717, 1.165) is 0 Å². The third-order valence-corrected chi connectivity index (χ3v) is 5.82. The van der Waals surface area contributed by atoms with Crippen molar-refractivity contribution in [2.24, 2.45) is 0 Å². The molecule has 5 aromatic rings. The van der Waals surface area contributed by atoms with E-state index in [0.29, 0.717) is 0 Å². The third-order valence-electron chi connectivity index (χ3n) is 5.82. The molecule has 0 bridgehead atoms. The summed E-state index contributed by atoms with van der Waals surface area (Å²) in [6.45, 7) is 0.154. The zero-order valence-electron chi connectivity index (χ0n) is 20.0. The fourth-order valence-corrected chi connectivity index (χ4v) is 4.44. The Labute approximate surface area is 213 Å². The molecule has 36 heavy (non-hydrogen) atoms. The number of rotatable bonds is 5. The Morgan fingerprint density at radius 3 is 1.25 bits per heavy atom. The van der Waals surface area contributed by atoms with E-state index in [1.807, 2.05) is 0 Å². The van der Waals surface area contributed by atoms with Gasteiger partial charge in [-0.1, -0.05) is 156 Å². The number of benzene rings is 5. The van der Waals surface area contributed by atoms with Crippen molar-refractivity contribution in [2.45, 2.75) is 0 Å². The molecule has 6 heteroatoms. The lowest BCUT2D eigenvalue weighted by Gasteiger charge is -2.22. The standard InChI is InChI=1S/C30H23B.BH3O3.H3N/c1-5-14-24(15-6-1)28-22-13-23-29(30(28)25-16-7-2-8-17-25)31(26-18-9-3-10-19-26)27-20-11-4-12-21-27;2-1(3)4;/h1-23H;2-4H;1H3. The fourth-order valence-electron chi connectivity index (χ4n) is 4.44. The van der Waals surface area contributed by atoms with E-state index < -0.39 is 7.32 Å². The van der Waals surface area contributed by atoms with Crippen molar-refractivity contribution < 1.29 is 15.1 Å². The molecule has 0 aliphatic carbocycles. The topological polar surface area (TPSA) is 95.7 Å². The van der Waals surface area contributed by atoms with Gasteiger partial charge in [0.2, 0.25) is 6.71 Å². The van der Waals surface area contributed by atoms with Gasteiger partial charge in [0.25, 0.3) is 0 Å². The summed E-state index contributed by atoms with van der Waals surface area (Å²) >= 11 is 0. The van der Waals surface area contributed by atoms with Crippen LogP contribution < -0.4 is 22.5 Å². The van der Waals surface area contributed by atoms with Crippen LogP contribution in [-0.4, -0.2) is 29.1 Å². The van der Waals surface area contributed by atoms with Crippen molar-refractivity contribution in [1.82, 2.24) is 6.15 Å². The largest absolute Gasteiger partial charge is 0.631 e. The molecule has 5 rings (SSSR count). The summed E-state index contributed by atoms with van der Waals surface area (Å²) in [6, 6.07) is 49.9. The van der Waals surface area contributed by atoms with Crippen LogP contribution in [0, 0.1) is 0 Å². The van der Waals surface area contributed by atoms with Crippen LogP contribution >= 0.6 is 0 Å². The van der Waals surface area contributed by atoms with Crippen molar-refractivity contribution in [1.29, 1.82) is 0 Å². The van der Waals surface area contributed by atoms with Crippen molar-refractivity contribution in [2.75, 3.05) is 0 Å². The van der Waals surface area contributed by atoms with Crippen molar-refractivity contribution in [3.63, 3.8) is 0 Å². The van der Waals surface area contributed by atoms with Crippen LogP contribution in [0.3, 0.4) is 0 Å². The van der Waals surface area contributed by atoms with Gasteiger partial charge in [-0.25, -0.2) is 0 Å². The summed E-state index contributed by atoms with van der Waals surface area (Å²) in [7, 11) is -2.17. The van der Waals surface area contributed by atoms with Gasteiger partial charge >= 0.3 is 7.32 Å². The van der Waals surface area contributed by atoms with Gasteiger partial charge in [0.15, 0.2) is 0 Å². The monoisotopic (exact) mass is 473 g/mol. The summed E-state index contributed by atoms with van der Waals surface area (Å²) in [5, 5.41) is 21.5. The highest BCUT2D eigenvalue weighted by atomic mass is 16.5. The summed E-state index contributed by atoms with van der Waals surface area (Å²) in [5.41, 5.74) is 8.97. The molecule has 0 aliphatic rings. The van der Waals surface area contributed by atoms with Crippen LogP contribution in [0.5, 0.6) is 0 Å². The summed E-state index contributed by atoms with van der Waals surface area (Å²) in [4.78, 5) is 0. The highest BCUT2D eigenvalue weighted by Crippen LogP contribution is 2.31. The maximum absolute atomic E-state index is 7.17. The lowest BCUT2D eigenvalue weighted by molar-refractivity contribution is 0.278. The first-order valence-electron chi connectivity index (χ1n) is 11.5. The minimum Gasteiger partial charge on any atom is -0.402 e. The minimum atomic E-state index is -2.17. The van der Waals surface area contributed by atoms with Gasteiger partial charge < -0.3 is 21.2 Å². The molecule has 0 spiro atoms. The Kier molecular flexibility index (Phi) is 9.81.